The molecule has 0 aliphatic heterocycles. The van der Waals surface area contributed by atoms with Crippen LogP contribution in [0.2, 0.25) is 0 Å². The molecule has 0 aliphatic carbocycles. The summed E-state index contributed by atoms with van der Waals surface area (Å²) in [6.45, 7) is 3.98. The fraction of sp³-hybridized carbons (Fsp3) is 1.00. The van der Waals surface area contributed by atoms with E-state index in [2.05, 4.69) is 6.92 Å². The van der Waals surface area contributed by atoms with Crippen molar-refractivity contribution in [3.8, 4) is 0 Å². The quantitative estimate of drug-likeness (QED) is 0.482. The van der Waals surface area contributed by atoms with Crippen LogP contribution in [0, 0.1) is 5.92 Å². The van der Waals surface area contributed by atoms with Crippen molar-refractivity contribution in [1.29, 1.82) is 0 Å². The number of unbranched alkanes of at least 4 members (excludes halogenated alkanes) is 5. The highest BCUT2D eigenvalue weighted by atomic mass is 14.5. The highest BCUT2D eigenvalue weighted by Crippen LogP contribution is 2.22. The molecular weight excluding hydrogens is 208 g/mol. The third-order valence-corrected chi connectivity index (χ3v) is 3.60. The minimum Gasteiger partial charge on any atom is -0.330 e. The van der Waals surface area contributed by atoms with E-state index < -0.39 is 0 Å². The number of nitrogens with two attached hydrogens (primary N) is 2. The first kappa shape index (κ1) is 16.9. The van der Waals surface area contributed by atoms with Gasteiger partial charge < -0.3 is 11.5 Å². The molecule has 0 rings (SSSR count). The second-order valence-corrected chi connectivity index (χ2v) is 5.28. The highest BCUT2D eigenvalue weighted by molar-refractivity contribution is 4.61. The number of hydrogen-bond donors (Lipinski definition) is 2. The Balaban J connectivity index is 3.60. The fourth-order valence-corrected chi connectivity index (χ4v) is 2.45. The SMILES string of the molecule is CCCCCCC(CCCCN)CCCCN. The predicted molar refractivity (Wildman–Crippen MR) is 78.1 cm³/mol. The molecule has 17 heavy (non-hydrogen) atoms. The molecule has 0 aromatic heterocycles. The minimum absolute atomic E-state index is 0.853. The van der Waals surface area contributed by atoms with Crippen molar-refractivity contribution in [2.24, 2.45) is 17.4 Å². The van der Waals surface area contributed by atoms with Crippen molar-refractivity contribution in [2.45, 2.75) is 77.6 Å². The van der Waals surface area contributed by atoms with Crippen molar-refractivity contribution in [2.75, 3.05) is 13.1 Å². The lowest BCUT2D eigenvalue weighted by Crippen LogP contribution is -2.05. The van der Waals surface area contributed by atoms with E-state index in [1.165, 1.54) is 70.6 Å². The molecule has 0 unspecified atom stereocenters. The predicted octanol–water partition coefficient (Wildman–Crippen LogP) is 3.83. The molecule has 0 fully saturated rings. The van der Waals surface area contributed by atoms with Gasteiger partial charge in [0.1, 0.15) is 0 Å². The second-order valence-electron chi connectivity index (χ2n) is 5.28. The van der Waals surface area contributed by atoms with Gasteiger partial charge in [0.25, 0.3) is 0 Å². The third kappa shape index (κ3) is 12.2. The Kier molecular flexibility index (Phi) is 13.9. The lowest BCUT2D eigenvalue weighted by Gasteiger charge is -2.16. The van der Waals surface area contributed by atoms with Crippen LogP contribution in [0.25, 0.3) is 0 Å². The van der Waals surface area contributed by atoms with Gasteiger partial charge in [-0.2, -0.15) is 0 Å². The Morgan fingerprint density at radius 3 is 1.53 bits per heavy atom. The summed E-state index contributed by atoms with van der Waals surface area (Å²) in [5, 5.41) is 0. The van der Waals surface area contributed by atoms with Gasteiger partial charge in [0.2, 0.25) is 0 Å². The van der Waals surface area contributed by atoms with Crippen LogP contribution in [0.1, 0.15) is 77.6 Å². The Morgan fingerprint density at radius 1 is 0.647 bits per heavy atom. The first-order valence-electron chi connectivity index (χ1n) is 7.75. The molecule has 104 valence electrons. The average Bonchev–Trinajstić information content (AvgIpc) is 2.34. The van der Waals surface area contributed by atoms with E-state index >= 15 is 0 Å². The van der Waals surface area contributed by atoms with Gasteiger partial charge in [0.15, 0.2) is 0 Å². The summed E-state index contributed by atoms with van der Waals surface area (Å²) in [6.07, 6.45) is 14.8. The molecule has 0 atom stereocenters. The van der Waals surface area contributed by atoms with Crippen LogP contribution in [0.3, 0.4) is 0 Å². The van der Waals surface area contributed by atoms with Crippen molar-refractivity contribution in [1.82, 2.24) is 0 Å². The van der Waals surface area contributed by atoms with Crippen molar-refractivity contribution in [3.63, 3.8) is 0 Å². The Hall–Kier alpha value is -0.0800. The van der Waals surface area contributed by atoms with Gasteiger partial charge in [-0.1, -0.05) is 64.7 Å². The molecule has 2 nitrogen and oxygen atoms in total. The van der Waals surface area contributed by atoms with Crippen LogP contribution in [0.5, 0.6) is 0 Å². The van der Waals surface area contributed by atoms with Gasteiger partial charge in [0.05, 0.1) is 0 Å². The van der Waals surface area contributed by atoms with Crippen LogP contribution in [-0.4, -0.2) is 13.1 Å². The maximum Gasteiger partial charge on any atom is -0.00773 e. The molecule has 0 aromatic rings. The van der Waals surface area contributed by atoms with E-state index in [0.29, 0.717) is 0 Å². The van der Waals surface area contributed by atoms with Crippen molar-refractivity contribution >= 4 is 0 Å². The standard InChI is InChI=1S/C15H34N2/c1-2-3-4-5-10-15(11-6-8-13-16)12-7-9-14-17/h15H,2-14,16-17H2,1H3. The molecule has 4 N–H and O–H groups in total. The summed E-state index contributed by atoms with van der Waals surface area (Å²) < 4.78 is 0. The van der Waals surface area contributed by atoms with E-state index in [1.54, 1.807) is 0 Å². The normalized spacial score (nSPS) is 11.3. The van der Waals surface area contributed by atoms with Crippen molar-refractivity contribution < 1.29 is 0 Å². The van der Waals surface area contributed by atoms with Gasteiger partial charge >= 0.3 is 0 Å². The summed E-state index contributed by atoms with van der Waals surface area (Å²) >= 11 is 0. The molecule has 0 saturated heterocycles. The molecule has 0 heterocycles. The first-order valence-corrected chi connectivity index (χ1v) is 7.75. The van der Waals surface area contributed by atoms with Crippen molar-refractivity contribution in [3.05, 3.63) is 0 Å². The van der Waals surface area contributed by atoms with E-state index in [4.69, 9.17) is 11.5 Å². The van der Waals surface area contributed by atoms with Gasteiger partial charge in [-0.25, -0.2) is 0 Å². The molecule has 0 amide bonds. The average molecular weight is 242 g/mol. The van der Waals surface area contributed by atoms with Gasteiger partial charge in [-0.3, -0.25) is 0 Å². The van der Waals surface area contributed by atoms with Gasteiger partial charge in [-0.15, -0.1) is 0 Å². The second kappa shape index (κ2) is 14.0. The molecule has 0 bridgehead atoms. The lowest BCUT2D eigenvalue weighted by molar-refractivity contribution is 0.374. The summed E-state index contributed by atoms with van der Waals surface area (Å²) in [5.74, 6) is 0.935. The number of hydrogen-bond acceptors (Lipinski definition) is 2. The Labute approximate surface area is 109 Å². The van der Waals surface area contributed by atoms with Crippen LogP contribution in [-0.2, 0) is 0 Å². The molecule has 0 saturated carbocycles. The van der Waals surface area contributed by atoms with Crippen LogP contribution >= 0.6 is 0 Å². The fourth-order valence-electron chi connectivity index (χ4n) is 2.45. The Bertz CT molecular complexity index is 127. The zero-order valence-electron chi connectivity index (χ0n) is 11.9. The minimum atomic E-state index is 0.853. The topological polar surface area (TPSA) is 52.0 Å². The zero-order chi connectivity index (χ0) is 12.8. The summed E-state index contributed by atoms with van der Waals surface area (Å²) in [6, 6.07) is 0. The zero-order valence-corrected chi connectivity index (χ0v) is 11.9. The summed E-state index contributed by atoms with van der Waals surface area (Å²) in [5.41, 5.74) is 11.1. The maximum atomic E-state index is 5.56. The molecule has 0 aromatic carbocycles. The van der Waals surface area contributed by atoms with Crippen LogP contribution in [0.15, 0.2) is 0 Å². The molecule has 2 heteroatoms. The maximum absolute atomic E-state index is 5.56. The van der Waals surface area contributed by atoms with E-state index in [9.17, 15) is 0 Å². The van der Waals surface area contributed by atoms with E-state index in [0.717, 1.165) is 19.0 Å². The smallest absolute Gasteiger partial charge is 0.00773 e. The van der Waals surface area contributed by atoms with Gasteiger partial charge in [-0.05, 0) is 31.8 Å². The monoisotopic (exact) mass is 242 g/mol. The lowest BCUT2D eigenvalue weighted by atomic mass is 9.90. The Morgan fingerprint density at radius 2 is 1.12 bits per heavy atom. The van der Waals surface area contributed by atoms with E-state index in [1.807, 2.05) is 0 Å². The summed E-state index contributed by atoms with van der Waals surface area (Å²) in [7, 11) is 0. The van der Waals surface area contributed by atoms with Crippen LogP contribution < -0.4 is 11.5 Å². The van der Waals surface area contributed by atoms with Crippen LogP contribution in [0.4, 0.5) is 0 Å². The van der Waals surface area contributed by atoms with E-state index in [-0.39, 0.29) is 0 Å². The highest BCUT2D eigenvalue weighted by Gasteiger charge is 2.07. The first-order chi connectivity index (χ1) is 8.35. The molecule has 0 spiro atoms. The largest absolute Gasteiger partial charge is 0.330 e. The molecule has 0 aliphatic rings. The summed E-state index contributed by atoms with van der Waals surface area (Å²) in [4.78, 5) is 0. The third-order valence-electron chi connectivity index (χ3n) is 3.60. The number of rotatable bonds is 13. The molecular formula is C15H34N2. The molecule has 0 radical (unpaired) electrons. The van der Waals surface area contributed by atoms with Gasteiger partial charge in [0, 0.05) is 0 Å².